The molecule has 0 spiro atoms. The zero-order chi connectivity index (χ0) is 82.0. The molecule has 0 radical (unpaired) electrons. The van der Waals surface area contributed by atoms with Gasteiger partial charge in [0.05, 0.1) is 63.6 Å². The van der Waals surface area contributed by atoms with Crippen LogP contribution in [0.2, 0.25) is 0 Å². The van der Waals surface area contributed by atoms with E-state index in [1.807, 2.05) is 72.8 Å². The number of benzene rings is 5. The van der Waals surface area contributed by atoms with Gasteiger partial charge in [0.2, 0.25) is 0 Å². The number of aliphatic hydroxyl groups is 5. The van der Waals surface area contributed by atoms with Gasteiger partial charge in [0.25, 0.3) is 0 Å². The second kappa shape index (κ2) is 44.7. The molecule has 21 aliphatic rings. The van der Waals surface area contributed by atoms with Crippen molar-refractivity contribution in [2.24, 2.45) is 59.2 Å². The molecular formula is C105H156N5NaO10. The zero-order valence-electron chi connectivity index (χ0n) is 75.5. The average molecular weight is 1670 g/mol. The van der Waals surface area contributed by atoms with Crippen LogP contribution in [0.4, 0.5) is 0 Å². The van der Waals surface area contributed by atoms with E-state index in [9.17, 15) is 25.5 Å². The van der Waals surface area contributed by atoms with Crippen LogP contribution < -0.4 is 29.6 Å². The van der Waals surface area contributed by atoms with Crippen LogP contribution in [0.5, 0.6) is 0 Å². The van der Waals surface area contributed by atoms with Gasteiger partial charge in [-0.05, 0) is 281 Å². The van der Waals surface area contributed by atoms with Gasteiger partial charge in [-0.3, -0.25) is 0 Å². The Balaban J connectivity index is 0.000000121. The molecule has 15 nitrogen and oxygen atoms in total. The predicted octanol–water partition coefficient (Wildman–Crippen LogP) is 14.9. The third-order valence-corrected chi connectivity index (χ3v) is 33.3. The van der Waals surface area contributed by atoms with Crippen molar-refractivity contribution in [2.45, 2.75) is 283 Å². The molecule has 5 N–H and O–H groups in total. The number of aliphatic hydroxyl groups excluding tert-OH is 1. The Kier molecular flexibility index (Phi) is 34.1. The molecule has 5 saturated carbocycles. The van der Waals surface area contributed by atoms with E-state index in [1.54, 1.807) is 0 Å². The van der Waals surface area contributed by atoms with Crippen LogP contribution in [-0.2, 0) is 51.7 Å². The monoisotopic (exact) mass is 1670 g/mol. The summed E-state index contributed by atoms with van der Waals surface area (Å²) < 4.78 is 31.4. The molecule has 10 atom stereocenters. The summed E-state index contributed by atoms with van der Waals surface area (Å²) in [7, 11) is 0. The Labute approximate surface area is 752 Å². The Hall–Kier alpha value is -3.50. The van der Waals surface area contributed by atoms with Gasteiger partial charge in [0.1, 0.15) is 28.0 Å². The Bertz CT molecular complexity index is 3350. The second-order valence-electron chi connectivity index (χ2n) is 40.5. The predicted molar refractivity (Wildman–Crippen MR) is 480 cm³/mol. The fraction of sp³-hybridized carbons (Fsp3) is 0.714. The van der Waals surface area contributed by atoms with E-state index >= 15 is 0 Å². The second-order valence-corrected chi connectivity index (χ2v) is 40.5. The van der Waals surface area contributed by atoms with Gasteiger partial charge in [0, 0.05) is 32.7 Å². The molecule has 16 saturated heterocycles. The van der Waals surface area contributed by atoms with E-state index in [1.165, 1.54) is 244 Å². The van der Waals surface area contributed by atoms with Crippen molar-refractivity contribution in [2.75, 3.05) is 131 Å². The molecule has 21 fully saturated rings. The van der Waals surface area contributed by atoms with Crippen molar-refractivity contribution in [1.82, 2.24) is 24.5 Å². The molecule has 2 unspecified atom stereocenters. The molecule has 16 aliphatic heterocycles. The first-order valence-electron chi connectivity index (χ1n) is 49.4. The van der Waals surface area contributed by atoms with Crippen LogP contribution in [0.1, 0.15) is 254 Å². The fourth-order valence-corrected chi connectivity index (χ4v) is 25.2. The third kappa shape index (κ3) is 23.4. The van der Waals surface area contributed by atoms with E-state index in [-0.39, 0.29) is 42.7 Å². The van der Waals surface area contributed by atoms with Gasteiger partial charge in [-0.15, -0.1) is 0 Å². The van der Waals surface area contributed by atoms with Crippen molar-refractivity contribution in [1.29, 1.82) is 0 Å². The van der Waals surface area contributed by atoms with Crippen LogP contribution in [0.25, 0.3) is 0 Å². The molecule has 0 amide bonds. The van der Waals surface area contributed by atoms with E-state index < -0.39 is 22.4 Å². The van der Waals surface area contributed by atoms with Gasteiger partial charge in [-0.1, -0.05) is 248 Å². The minimum atomic E-state index is -0.826. The molecule has 662 valence electrons. The largest absolute Gasteiger partial charge is 1.00 e. The Morgan fingerprint density at radius 2 is 0.504 bits per heavy atom. The van der Waals surface area contributed by atoms with Crippen LogP contribution >= 0.6 is 0 Å². The SMILES string of the molecule is OC1CN2CCC1CC2.O[C@@](CO[C@@H]1CN2CCC1CC2)(c1ccccc1)C1CCCCC1.O[C@@](CO[C@H]1CN2CCC1CC2)(c1ccccc1)C1CCCCC1.O[C@](CO[C@@H]1CN2CCC1CC2)(c1ccccc1)C1CCCCC1.O[C@](CO[C@H]1CN2CCC1CC2)(c1ccccc1)C1CCCCC1.[H-].[Na+].c1ccc(C2(C3CCCCC3)CO2)cc1. The van der Waals surface area contributed by atoms with Gasteiger partial charge in [0.15, 0.2) is 0 Å². The van der Waals surface area contributed by atoms with E-state index in [4.69, 9.17) is 23.7 Å². The van der Waals surface area contributed by atoms with Crippen LogP contribution in [0.3, 0.4) is 0 Å². The zero-order valence-corrected chi connectivity index (χ0v) is 76.5. The summed E-state index contributed by atoms with van der Waals surface area (Å²) in [5.74, 6) is 5.50. The van der Waals surface area contributed by atoms with E-state index in [2.05, 4.69) is 103 Å². The summed E-state index contributed by atoms with van der Waals surface area (Å²) in [4.78, 5) is 12.4. The normalized spacial score (nSPS) is 34.0. The number of ether oxygens (including phenoxy) is 5. The molecule has 5 aliphatic carbocycles. The van der Waals surface area contributed by atoms with Crippen molar-refractivity contribution in [3.63, 3.8) is 0 Å². The van der Waals surface area contributed by atoms with Gasteiger partial charge in [-0.2, -0.15) is 0 Å². The number of epoxide rings is 1. The molecule has 0 aromatic heterocycles. The van der Waals surface area contributed by atoms with Crippen LogP contribution in [-0.4, -0.2) is 212 Å². The van der Waals surface area contributed by atoms with Gasteiger partial charge in [-0.25, -0.2) is 0 Å². The number of rotatable bonds is 22. The summed E-state index contributed by atoms with van der Waals surface area (Å²) in [5.41, 5.74) is 2.37. The number of hydrogen-bond donors (Lipinski definition) is 5. The smallest absolute Gasteiger partial charge is 1.00 e. The molecule has 5 aromatic rings. The maximum absolute atomic E-state index is 11.7. The minimum absolute atomic E-state index is 0. The standard InChI is InChI=1S/4C21H31NO2.C14H18O.C7H13NO.Na.H/c4*23-21(18-7-3-1-4-8-18,19-9-5-2-6-10-19)16-24-20-15-22-13-11-17(20)12-14-22;1-3-7-12(8-4-1)14(11-15-14)13-9-5-2-6-10-13;9-7-5-8-3-1-6(7)2-4-8;;/h4*1,3-4,7-8,17,19-20,23H,2,5-6,9-16H2;1,3-4,7-8,13H,2,5-6,9-11H2;6-7,9H,1-5H2;;/q;;;;;;+1;-1/t2*20-,21+;2*20-,21-;;;;/m1010..../s1. The summed E-state index contributed by atoms with van der Waals surface area (Å²) in [5, 5.41) is 56.0. The number of hydrogen-bond acceptors (Lipinski definition) is 15. The van der Waals surface area contributed by atoms with E-state index in [0.717, 1.165) is 119 Å². The summed E-state index contributed by atoms with van der Waals surface area (Å²) in [6.45, 7) is 20.2. The van der Waals surface area contributed by atoms with Crippen molar-refractivity contribution >= 4 is 0 Å². The molecule has 16 heterocycles. The third-order valence-electron chi connectivity index (χ3n) is 33.3. The maximum atomic E-state index is 11.7. The van der Waals surface area contributed by atoms with E-state index in [0.29, 0.717) is 104 Å². The summed E-state index contributed by atoms with van der Waals surface area (Å²) in [6.07, 6.45) is 44.8. The molecule has 26 rings (SSSR count). The van der Waals surface area contributed by atoms with Crippen molar-refractivity contribution in [3.8, 4) is 0 Å². The van der Waals surface area contributed by atoms with Crippen LogP contribution in [0, 0.1) is 59.2 Å². The maximum Gasteiger partial charge on any atom is 1.00 e. The number of fused-ring (bicyclic) bond motifs is 15. The molecular weight excluding hydrogens is 1510 g/mol. The molecule has 5 aromatic carbocycles. The quantitative estimate of drug-likeness (QED) is 0.0328. The Morgan fingerprint density at radius 1 is 0.289 bits per heavy atom. The molecule has 121 heavy (non-hydrogen) atoms. The average Bonchev–Trinajstić information content (AvgIpc) is 1.59. The number of piperidine rings is 15. The topological polar surface area (TPSA) is 167 Å². The first-order valence-corrected chi connectivity index (χ1v) is 49.4. The minimum Gasteiger partial charge on any atom is -1.00 e. The Morgan fingerprint density at radius 3 is 0.694 bits per heavy atom. The van der Waals surface area contributed by atoms with Gasteiger partial charge < -0.3 is 75.1 Å². The molecule has 10 bridgehead atoms. The van der Waals surface area contributed by atoms with Crippen molar-refractivity contribution in [3.05, 3.63) is 179 Å². The van der Waals surface area contributed by atoms with Gasteiger partial charge >= 0.3 is 29.6 Å². The first kappa shape index (κ1) is 92.2. The summed E-state index contributed by atoms with van der Waals surface area (Å²) >= 11 is 0. The molecule has 16 heteroatoms. The fourth-order valence-electron chi connectivity index (χ4n) is 25.2. The van der Waals surface area contributed by atoms with Crippen molar-refractivity contribution < 1.29 is 80.2 Å². The first-order chi connectivity index (χ1) is 58.8. The van der Waals surface area contributed by atoms with Crippen LogP contribution in [0.15, 0.2) is 152 Å². The number of nitrogens with zero attached hydrogens (tertiary/aromatic N) is 5. The summed E-state index contributed by atoms with van der Waals surface area (Å²) in [6, 6.07) is 51.8.